The zero-order valence-corrected chi connectivity index (χ0v) is 17.1. The molecule has 9 nitrogen and oxygen atoms in total. The van der Waals surface area contributed by atoms with Crippen LogP contribution in [0.1, 0.15) is 25.8 Å². The van der Waals surface area contributed by atoms with Gasteiger partial charge in [-0.15, -0.1) is 0 Å². The standard InChI is InChI=1S/C17H26N2O5.C2HF3O2/c1-12(2)19-10-14(20)11-24-15-5-3-13(4-6-15)9-16(21)18-8-7-17(22)23;3-2(4,5)1(6)7/h3-6,12,14,19-20H,7-11H2,1-2H3,(H,18,21)(H,22,23);(H,6,7). The molecule has 0 aliphatic carbocycles. The average molecular weight is 452 g/mol. The second kappa shape index (κ2) is 14.2. The average Bonchev–Trinajstić information content (AvgIpc) is 2.65. The molecule has 0 heterocycles. The summed E-state index contributed by atoms with van der Waals surface area (Å²) in [4.78, 5) is 30.9. The molecule has 0 bridgehead atoms. The van der Waals surface area contributed by atoms with Crippen LogP contribution in [0.2, 0.25) is 0 Å². The van der Waals surface area contributed by atoms with Crippen LogP contribution in [0.5, 0.6) is 5.75 Å². The Hall–Kier alpha value is -2.86. The van der Waals surface area contributed by atoms with Gasteiger partial charge in [0.15, 0.2) is 0 Å². The molecule has 0 aliphatic heterocycles. The Morgan fingerprint density at radius 1 is 1.10 bits per heavy atom. The predicted octanol–water partition coefficient (Wildman–Crippen LogP) is 1.19. The highest BCUT2D eigenvalue weighted by atomic mass is 19.4. The van der Waals surface area contributed by atoms with E-state index in [1.165, 1.54) is 0 Å². The van der Waals surface area contributed by atoms with Crippen molar-refractivity contribution in [3.05, 3.63) is 29.8 Å². The lowest BCUT2D eigenvalue weighted by atomic mass is 10.1. The fourth-order valence-electron chi connectivity index (χ4n) is 1.88. The van der Waals surface area contributed by atoms with Crippen molar-refractivity contribution >= 4 is 17.8 Å². The number of carboxylic acids is 2. The second-order valence-electron chi connectivity index (χ2n) is 6.65. The van der Waals surface area contributed by atoms with E-state index in [4.69, 9.17) is 19.7 Å². The highest BCUT2D eigenvalue weighted by Gasteiger charge is 2.38. The summed E-state index contributed by atoms with van der Waals surface area (Å²) in [6.45, 7) is 4.78. The SMILES string of the molecule is CC(C)NCC(O)COc1ccc(CC(=O)NCCC(=O)O)cc1.O=C(O)C(F)(F)F. The van der Waals surface area contributed by atoms with Gasteiger partial charge in [-0.3, -0.25) is 9.59 Å². The minimum Gasteiger partial charge on any atom is -0.491 e. The summed E-state index contributed by atoms with van der Waals surface area (Å²) in [6.07, 6.45) is -5.58. The molecule has 0 fully saturated rings. The quantitative estimate of drug-likeness (QED) is 0.337. The number of nitrogens with one attached hydrogen (secondary N) is 2. The van der Waals surface area contributed by atoms with Crippen molar-refractivity contribution in [2.75, 3.05) is 19.7 Å². The molecule has 1 aromatic carbocycles. The van der Waals surface area contributed by atoms with Crippen molar-refractivity contribution in [2.45, 2.75) is 45.0 Å². The Kier molecular flexibility index (Phi) is 12.9. The van der Waals surface area contributed by atoms with Gasteiger partial charge < -0.3 is 30.7 Å². The number of alkyl halides is 3. The van der Waals surface area contributed by atoms with Crippen LogP contribution >= 0.6 is 0 Å². The predicted molar refractivity (Wildman–Crippen MR) is 104 cm³/mol. The van der Waals surface area contributed by atoms with Gasteiger partial charge in [-0.2, -0.15) is 13.2 Å². The first-order chi connectivity index (χ1) is 14.3. The number of halogens is 3. The van der Waals surface area contributed by atoms with E-state index < -0.39 is 24.2 Å². The molecule has 0 saturated heterocycles. The smallest absolute Gasteiger partial charge is 0.490 e. The summed E-state index contributed by atoms with van der Waals surface area (Å²) >= 11 is 0. The summed E-state index contributed by atoms with van der Waals surface area (Å²) in [7, 11) is 0. The number of benzene rings is 1. The van der Waals surface area contributed by atoms with Crippen molar-refractivity contribution in [2.24, 2.45) is 0 Å². The van der Waals surface area contributed by atoms with E-state index in [0.29, 0.717) is 18.3 Å². The van der Waals surface area contributed by atoms with Crippen LogP contribution in [0.4, 0.5) is 13.2 Å². The lowest BCUT2D eigenvalue weighted by molar-refractivity contribution is -0.192. The van der Waals surface area contributed by atoms with E-state index in [-0.39, 0.29) is 31.9 Å². The fourth-order valence-corrected chi connectivity index (χ4v) is 1.88. The minimum absolute atomic E-state index is 0.0908. The summed E-state index contributed by atoms with van der Waals surface area (Å²) in [5.74, 6) is -3.30. The summed E-state index contributed by atoms with van der Waals surface area (Å²) in [6, 6.07) is 7.32. The number of aliphatic carboxylic acids is 2. The maximum Gasteiger partial charge on any atom is 0.490 e. The molecule has 0 aromatic heterocycles. The molecule has 1 atom stereocenters. The van der Waals surface area contributed by atoms with Crippen molar-refractivity contribution in [1.29, 1.82) is 0 Å². The van der Waals surface area contributed by atoms with Crippen LogP contribution < -0.4 is 15.4 Å². The molecular weight excluding hydrogens is 425 g/mol. The highest BCUT2D eigenvalue weighted by Crippen LogP contribution is 2.13. The molecule has 5 N–H and O–H groups in total. The number of amides is 1. The molecule has 12 heteroatoms. The molecule has 0 radical (unpaired) electrons. The Morgan fingerprint density at radius 3 is 2.10 bits per heavy atom. The van der Waals surface area contributed by atoms with Gasteiger partial charge in [0, 0.05) is 19.1 Å². The Bertz CT molecular complexity index is 695. The Labute approximate surface area is 177 Å². The third kappa shape index (κ3) is 15.6. The minimum atomic E-state index is -5.08. The number of carboxylic acid groups (broad SMARTS) is 2. The van der Waals surface area contributed by atoms with Gasteiger partial charge in [0.25, 0.3) is 0 Å². The first-order valence-electron chi connectivity index (χ1n) is 9.23. The van der Waals surface area contributed by atoms with Crippen LogP contribution in [0, 0.1) is 0 Å². The van der Waals surface area contributed by atoms with Gasteiger partial charge in [-0.05, 0) is 17.7 Å². The number of rotatable bonds is 11. The van der Waals surface area contributed by atoms with E-state index in [9.17, 15) is 27.9 Å². The van der Waals surface area contributed by atoms with E-state index in [0.717, 1.165) is 5.56 Å². The lowest BCUT2D eigenvalue weighted by Crippen LogP contribution is -2.35. The zero-order chi connectivity index (χ0) is 24.0. The summed E-state index contributed by atoms with van der Waals surface area (Å²) < 4.78 is 37.2. The van der Waals surface area contributed by atoms with Crippen LogP contribution in [0.15, 0.2) is 24.3 Å². The number of carbonyl (C=O) groups excluding carboxylic acids is 1. The van der Waals surface area contributed by atoms with Crippen LogP contribution in [-0.2, 0) is 20.8 Å². The van der Waals surface area contributed by atoms with Gasteiger partial charge in [0.2, 0.25) is 5.91 Å². The normalized spacial score (nSPS) is 11.8. The monoisotopic (exact) mass is 452 g/mol. The lowest BCUT2D eigenvalue weighted by Gasteiger charge is -2.15. The number of ether oxygens (including phenoxy) is 1. The molecule has 176 valence electrons. The second-order valence-corrected chi connectivity index (χ2v) is 6.65. The van der Waals surface area contributed by atoms with E-state index in [1.807, 2.05) is 13.8 Å². The number of carbonyl (C=O) groups is 3. The largest absolute Gasteiger partial charge is 0.491 e. The van der Waals surface area contributed by atoms with Gasteiger partial charge in [0.05, 0.1) is 12.8 Å². The van der Waals surface area contributed by atoms with E-state index >= 15 is 0 Å². The maximum atomic E-state index is 11.6. The van der Waals surface area contributed by atoms with E-state index in [1.54, 1.807) is 24.3 Å². The third-order valence-electron chi connectivity index (χ3n) is 3.40. The molecule has 1 aromatic rings. The number of aliphatic hydroxyl groups is 1. The van der Waals surface area contributed by atoms with Gasteiger partial charge in [-0.1, -0.05) is 26.0 Å². The number of hydrogen-bond donors (Lipinski definition) is 5. The van der Waals surface area contributed by atoms with Gasteiger partial charge in [-0.25, -0.2) is 4.79 Å². The third-order valence-corrected chi connectivity index (χ3v) is 3.40. The Balaban J connectivity index is 0.00000110. The van der Waals surface area contributed by atoms with Crippen LogP contribution in [0.25, 0.3) is 0 Å². The van der Waals surface area contributed by atoms with Crippen molar-refractivity contribution in [3.63, 3.8) is 0 Å². The summed E-state index contributed by atoms with van der Waals surface area (Å²) in [5, 5.41) is 31.1. The number of hydrogen-bond acceptors (Lipinski definition) is 6. The first-order valence-corrected chi connectivity index (χ1v) is 9.23. The fraction of sp³-hybridized carbons (Fsp3) is 0.526. The topological polar surface area (TPSA) is 145 Å². The molecular formula is C19H27F3N2O7. The summed E-state index contributed by atoms with van der Waals surface area (Å²) in [5.41, 5.74) is 0.803. The molecule has 1 rings (SSSR count). The van der Waals surface area contributed by atoms with Crippen LogP contribution in [0.3, 0.4) is 0 Å². The molecule has 0 spiro atoms. The van der Waals surface area contributed by atoms with Crippen molar-refractivity contribution in [1.82, 2.24) is 10.6 Å². The van der Waals surface area contributed by atoms with E-state index in [2.05, 4.69) is 10.6 Å². The number of aliphatic hydroxyl groups excluding tert-OH is 1. The van der Waals surface area contributed by atoms with Crippen LogP contribution in [-0.4, -0.2) is 71.2 Å². The highest BCUT2D eigenvalue weighted by molar-refractivity contribution is 5.79. The Morgan fingerprint density at radius 2 is 1.65 bits per heavy atom. The molecule has 1 amide bonds. The molecule has 0 saturated carbocycles. The first kappa shape index (κ1) is 28.1. The molecule has 31 heavy (non-hydrogen) atoms. The maximum absolute atomic E-state index is 11.6. The molecule has 1 unspecified atom stereocenters. The van der Waals surface area contributed by atoms with Crippen molar-refractivity contribution < 1.29 is 47.6 Å². The zero-order valence-electron chi connectivity index (χ0n) is 17.1. The molecule has 0 aliphatic rings. The van der Waals surface area contributed by atoms with Crippen molar-refractivity contribution in [3.8, 4) is 5.75 Å². The van der Waals surface area contributed by atoms with Gasteiger partial charge in [0.1, 0.15) is 18.5 Å². The van der Waals surface area contributed by atoms with Gasteiger partial charge >= 0.3 is 18.1 Å².